The molecule has 110 valence electrons. The fourth-order valence-electron chi connectivity index (χ4n) is 2.57. The molecule has 0 aliphatic carbocycles. The van der Waals surface area contributed by atoms with E-state index in [0.717, 1.165) is 31.6 Å². The summed E-state index contributed by atoms with van der Waals surface area (Å²) in [6.07, 6.45) is 6.44. The zero-order chi connectivity index (χ0) is 14.4. The molecule has 1 aromatic rings. The van der Waals surface area contributed by atoms with Gasteiger partial charge in [0.2, 0.25) is 5.91 Å². The number of carbonyl (C=O) groups is 1. The van der Waals surface area contributed by atoms with Crippen LogP contribution in [-0.2, 0) is 4.79 Å². The van der Waals surface area contributed by atoms with E-state index in [1.807, 2.05) is 17.0 Å². The van der Waals surface area contributed by atoms with E-state index in [-0.39, 0.29) is 18.0 Å². The van der Waals surface area contributed by atoms with Gasteiger partial charge in [-0.15, -0.1) is 0 Å². The Morgan fingerprint density at radius 2 is 2.45 bits per heavy atom. The Balaban J connectivity index is 1.67. The van der Waals surface area contributed by atoms with Crippen LogP contribution < -0.4 is 10.5 Å². The summed E-state index contributed by atoms with van der Waals surface area (Å²) >= 11 is 0. The third-order valence-corrected chi connectivity index (χ3v) is 3.68. The third kappa shape index (κ3) is 4.20. The average molecular weight is 277 g/mol. The molecular formula is C15H23N3O2. The molecule has 0 spiro atoms. The van der Waals surface area contributed by atoms with Gasteiger partial charge >= 0.3 is 0 Å². The highest BCUT2D eigenvalue weighted by Crippen LogP contribution is 2.17. The maximum Gasteiger partial charge on any atom is 0.222 e. The van der Waals surface area contributed by atoms with Crippen molar-refractivity contribution in [2.75, 3.05) is 13.2 Å². The SMILES string of the molecule is C[C@@H]1C[C@@H](N)CCN1C(=O)CCCOc1cccnc1. The maximum atomic E-state index is 12.1. The van der Waals surface area contributed by atoms with E-state index in [0.29, 0.717) is 13.0 Å². The van der Waals surface area contributed by atoms with Crippen LogP contribution in [0.5, 0.6) is 5.75 Å². The van der Waals surface area contributed by atoms with Crippen LogP contribution in [-0.4, -0.2) is 41.0 Å². The molecule has 0 unspecified atom stereocenters. The second-order valence-corrected chi connectivity index (χ2v) is 5.36. The fourth-order valence-corrected chi connectivity index (χ4v) is 2.57. The zero-order valence-corrected chi connectivity index (χ0v) is 12.0. The lowest BCUT2D eigenvalue weighted by Gasteiger charge is -2.36. The minimum atomic E-state index is 0.208. The molecule has 5 nitrogen and oxygen atoms in total. The number of rotatable bonds is 5. The van der Waals surface area contributed by atoms with E-state index in [1.54, 1.807) is 12.4 Å². The van der Waals surface area contributed by atoms with Crippen LogP contribution in [0.15, 0.2) is 24.5 Å². The molecule has 0 bridgehead atoms. The average Bonchev–Trinajstić information content (AvgIpc) is 2.44. The Morgan fingerprint density at radius 1 is 1.60 bits per heavy atom. The second kappa shape index (κ2) is 7.24. The fraction of sp³-hybridized carbons (Fsp3) is 0.600. The summed E-state index contributed by atoms with van der Waals surface area (Å²) in [4.78, 5) is 18.1. The third-order valence-electron chi connectivity index (χ3n) is 3.68. The van der Waals surface area contributed by atoms with Gasteiger partial charge in [-0.25, -0.2) is 0 Å². The van der Waals surface area contributed by atoms with E-state index in [1.165, 1.54) is 0 Å². The Bertz CT molecular complexity index is 424. The highest BCUT2D eigenvalue weighted by atomic mass is 16.5. The van der Waals surface area contributed by atoms with Gasteiger partial charge in [-0.05, 0) is 38.3 Å². The number of piperidine rings is 1. The molecule has 1 aliphatic rings. The molecule has 1 aromatic heterocycles. The maximum absolute atomic E-state index is 12.1. The first kappa shape index (κ1) is 14.8. The summed E-state index contributed by atoms with van der Waals surface area (Å²) in [5, 5.41) is 0. The van der Waals surface area contributed by atoms with Crippen LogP contribution in [0, 0.1) is 0 Å². The number of carbonyl (C=O) groups excluding carboxylic acids is 1. The van der Waals surface area contributed by atoms with Crippen LogP contribution in [0.4, 0.5) is 0 Å². The normalized spacial score (nSPS) is 22.6. The van der Waals surface area contributed by atoms with Crippen molar-refractivity contribution in [2.45, 2.75) is 44.7 Å². The van der Waals surface area contributed by atoms with Crippen molar-refractivity contribution in [2.24, 2.45) is 5.73 Å². The molecule has 0 radical (unpaired) electrons. The molecule has 2 atom stereocenters. The smallest absolute Gasteiger partial charge is 0.222 e. The van der Waals surface area contributed by atoms with E-state index >= 15 is 0 Å². The first-order valence-corrected chi connectivity index (χ1v) is 7.24. The number of likely N-dealkylation sites (tertiary alicyclic amines) is 1. The van der Waals surface area contributed by atoms with Gasteiger partial charge in [-0.3, -0.25) is 9.78 Å². The molecule has 1 aliphatic heterocycles. The van der Waals surface area contributed by atoms with Gasteiger partial charge in [-0.1, -0.05) is 0 Å². The van der Waals surface area contributed by atoms with Crippen molar-refractivity contribution in [3.8, 4) is 5.75 Å². The minimum absolute atomic E-state index is 0.208. The van der Waals surface area contributed by atoms with Crippen molar-refractivity contribution in [3.63, 3.8) is 0 Å². The number of aromatic nitrogens is 1. The minimum Gasteiger partial charge on any atom is -0.492 e. The quantitative estimate of drug-likeness (QED) is 0.830. The summed E-state index contributed by atoms with van der Waals surface area (Å²) < 4.78 is 5.53. The molecule has 1 amide bonds. The van der Waals surface area contributed by atoms with Gasteiger partial charge in [0.05, 0.1) is 12.8 Å². The highest BCUT2D eigenvalue weighted by Gasteiger charge is 2.26. The van der Waals surface area contributed by atoms with E-state index in [2.05, 4.69) is 11.9 Å². The monoisotopic (exact) mass is 277 g/mol. The summed E-state index contributed by atoms with van der Waals surface area (Å²) in [5.74, 6) is 0.955. The number of ether oxygens (including phenoxy) is 1. The van der Waals surface area contributed by atoms with E-state index in [9.17, 15) is 4.79 Å². The van der Waals surface area contributed by atoms with Crippen LogP contribution in [0.25, 0.3) is 0 Å². The molecule has 0 saturated carbocycles. The Kier molecular flexibility index (Phi) is 5.35. The predicted octanol–water partition coefficient (Wildman–Crippen LogP) is 1.58. The summed E-state index contributed by atoms with van der Waals surface area (Å²) in [5.41, 5.74) is 5.91. The number of nitrogens with two attached hydrogens (primary N) is 1. The Morgan fingerprint density at radius 3 is 3.15 bits per heavy atom. The topological polar surface area (TPSA) is 68.5 Å². The van der Waals surface area contributed by atoms with Crippen LogP contribution in [0.2, 0.25) is 0 Å². The number of amides is 1. The largest absolute Gasteiger partial charge is 0.492 e. The van der Waals surface area contributed by atoms with Crippen molar-refractivity contribution in [1.82, 2.24) is 9.88 Å². The summed E-state index contributed by atoms with van der Waals surface area (Å²) in [6, 6.07) is 4.19. The summed E-state index contributed by atoms with van der Waals surface area (Å²) in [7, 11) is 0. The van der Waals surface area contributed by atoms with Gasteiger partial charge in [0.25, 0.3) is 0 Å². The summed E-state index contributed by atoms with van der Waals surface area (Å²) in [6.45, 7) is 3.40. The Hall–Kier alpha value is -1.62. The van der Waals surface area contributed by atoms with Crippen molar-refractivity contribution in [3.05, 3.63) is 24.5 Å². The van der Waals surface area contributed by atoms with Crippen LogP contribution >= 0.6 is 0 Å². The van der Waals surface area contributed by atoms with Gasteiger partial charge in [0.1, 0.15) is 5.75 Å². The van der Waals surface area contributed by atoms with Gasteiger partial charge in [0, 0.05) is 31.2 Å². The molecule has 2 heterocycles. The molecule has 5 heteroatoms. The molecule has 1 fully saturated rings. The molecule has 0 aromatic carbocycles. The molecule has 2 rings (SSSR count). The first-order valence-electron chi connectivity index (χ1n) is 7.24. The number of nitrogens with zero attached hydrogens (tertiary/aromatic N) is 2. The molecule has 1 saturated heterocycles. The molecular weight excluding hydrogens is 254 g/mol. The lowest BCUT2D eigenvalue weighted by atomic mass is 9.98. The van der Waals surface area contributed by atoms with Crippen molar-refractivity contribution in [1.29, 1.82) is 0 Å². The standard InChI is InChI=1S/C15H23N3O2/c1-12-10-13(16)6-8-18(12)15(19)5-3-9-20-14-4-2-7-17-11-14/h2,4,7,11-13H,3,5-6,8-10,16H2,1H3/t12-,13+/m1/s1. The highest BCUT2D eigenvalue weighted by molar-refractivity contribution is 5.76. The van der Waals surface area contributed by atoms with Crippen molar-refractivity contribution < 1.29 is 9.53 Å². The number of hydrogen-bond donors (Lipinski definition) is 1. The van der Waals surface area contributed by atoms with Gasteiger partial charge in [0.15, 0.2) is 0 Å². The molecule has 2 N–H and O–H groups in total. The van der Waals surface area contributed by atoms with Gasteiger partial charge in [-0.2, -0.15) is 0 Å². The van der Waals surface area contributed by atoms with E-state index in [4.69, 9.17) is 10.5 Å². The molecule has 20 heavy (non-hydrogen) atoms. The van der Waals surface area contributed by atoms with Crippen molar-refractivity contribution >= 4 is 5.91 Å². The van der Waals surface area contributed by atoms with Gasteiger partial charge < -0.3 is 15.4 Å². The number of pyridine rings is 1. The lowest BCUT2D eigenvalue weighted by molar-refractivity contribution is -0.134. The number of hydrogen-bond acceptors (Lipinski definition) is 4. The van der Waals surface area contributed by atoms with E-state index < -0.39 is 0 Å². The lowest BCUT2D eigenvalue weighted by Crippen LogP contribution is -2.48. The second-order valence-electron chi connectivity index (χ2n) is 5.36. The van der Waals surface area contributed by atoms with Crippen LogP contribution in [0.3, 0.4) is 0 Å². The zero-order valence-electron chi connectivity index (χ0n) is 12.0. The van der Waals surface area contributed by atoms with Crippen LogP contribution in [0.1, 0.15) is 32.6 Å². The predicted molar refractivity (Wildman–Crippen MR) is 77.4 cm³/mol. The Labute approximate surface area is 120 Å². The first-order chi connectivity index (χ1) is 9.66.